The summed E-state index contributed by atoms with van der Waals surface area (Å²) in [5.74, 6) is -0.915. The van der Waals surface area contributed by atoms with Crippen LogP contribution in [0.3, 0.4) is 0 Å². The summed E-state index contributed by atoms with van der Waals surface area (Å²) in [4.78, 5) is 38.4. The molecule has 0 fully saturated rings. The Morgan fingerprint density at radius 2 is 0.470 bits per heavy atom. The molecule has 0 radical (unpaired) electrons. The Labute approximate surface area is 515 Å². The molecule has 6 nitrogen and oxygen atoms in total. The highest BCUT2D eigenvalue weighted by Crippen LogP contribution is 2.18. The van der Waals surface area contributed by atoms with Crippen LogP contribution in [0.1, 0.15) is 355 Å². The molecule has 0 aliphatic heterocycles. The van der Waals surface area contributed by atoms with Crippen molar-refractivity contribution in [2.75, 3.05) is 13.2 Å². The van der Waals surface area contributed by atoms with E-state index in [0.29, 0.717) is 19.3 Å². The van der Waals surface area contributed by atoms with Crippen LogP contribution in [0.5, 0.6) is 0 Å². The molecule has 0 aliphatic carbocycles. The summed E-state index contributed by atoms with van der Waals surface area (Å²) in [5, 5.41) is 0. The summed E-state index contributed by atoms with van der Waals surface area (Å²) in [6.07, 6.45) is 95.9. The van der Waals surface area contributed by atoms with Crippen molar-refractivity contribution in [3.05, 3.63) is 97.2 Å². The largest absolute Gasteiger partial charge is 0.462 e. The maximum atomic E-state index is 13.0. The normalized spacial score (nSPS) is 12.7. The Hall–Kier alpha value is -3.67. The Bertz CT molecular complexity index is 1610. The number of rotatable bonds is 65. The van der Waals surface area contributed by atoms with Crippen LogP contribution < -0.4 is 0 Å². The molecule has 0 saturated heterocycles. The van der Waals surface area contributed by atoms with Gasteiger partial charge in [0, 0.05) is 19.3 Å². The SMILES string of the molecule is CC/C=C\C/C=C\C/C=C\C/C=C\C/C=C\C/C=C\C/C=C\C/C=C\CCCCC(=O)OCC(COC(=O)CCCCCCCCCCCCCC)OC(=O)CCCCCCCCCCCCCCCCCCCCCCCCCCCC. The summed E-state index contributed by atoms with van der Waals surface area (Å²) in [6, 6.07) is 0. The molecule has 0 amide bonds. The predicted molar refractivity (Wildman–Crippen MR) is 362 cm³/mol. The van der Waals surface area contributed by atoms with Crippen LogP contribution in [-0.4, -0.2) is 37.2 Å². The molecule has 0 aromatic heterocycles. The van der Waals surface area contributed by atoms with Crippen molar-refractivity contribution in [1.82, 2.24) is 0 Å². The zero-order valence-corrected chi connectivity index (χ0v) is 54.9. The molecule has 6 heteroatoms. The zero-order valence-electron chi connectivity index (χ0n) is 54.9. The third-order valence-corrected chi connectivity index (χ3v) is 15.6. The van der Waals surface area contributed by atoms with Crippen molar-refractivity contribution < 1.29 is 28.6 Å². The molecule has 1 atom stereocenters. The van der Waals surface area contributed by atoms with Crippen LogP contribution in [-0.2, 0) is 28.6 Å². The van der Waals surface area contributed by atoms with Gasteiger partial charge in [-0.05, 0) is 83.5 Å². The van der Waals surface area contributed by atoms with E-state index in [1.54, 1.807) is 0 Å². The van der Waals surface area contributed by atoms with Crippen LogP contribution in [0.15, 0.2) is 97.2 Å². The van der Waals surface area contributed by atoms with Crippen molar-refractivity contribution in [1.29, 1.82) is 0 Å². The summed E-state index contributed by atoms with van der Waals surface area (Å²) in [6.45, 7) is 6.54. The van der Waals surface area contributed by atoms with Gasteiger partial charge in [-0.3, -0.25) is 14.4 Å². The number of ether oxygens (including phenoxy) is 3. The highest BCUT2D eigenvalue weighted by Gasteiger charge is 2.19. The van der Waals surface area contributed by atoms with E-state index in [0.717, 1.165) is 109 Å². The molecule has 0 spiro atoms. The van der Waals surface area contributed by atoms with Crippen molar-refractivity contribution in [2.24, 2.45) is 0 Å². The fraction of sp³-hybridized carbons (Fsp3) is 0.753. The minimum Gasteiger partial charge on any atom is -0.462 e. The number of esters is 3. The minimum atomic E-state index is -0.795. The summed E-state index contributed by atoms with van der Waals surface area (Å²) in [7, 11) is 0. The summed E-state index contributed by atoms with van der Waals surface area (Å²) in [5.41, 5.74) is 0. The average Bonchev–Trinajstić information content (AvgIpc) is 3.49. The second kappa shape index (κ2) is 70.8. The second-order valence-electron chi connectivity index (χ2n) is 23.8. The lowest BCUT2D eigenvalue weighted by Crippen LogP contribution is -2.30. The van der Waals surface area contributed by atoms with Gasteiger partial charge in [0.05, 0.1) is 0 Å². The molecule has 1 unspecified atom stereocenters. The van der Waals surface area contributed by atoms with Crippen molar-refractivity contribution >= 4 is 17.9 Å². The number of carbonyl (C=O) groups excluding carboxylic acids is 3. The summed E-state index contributed by atoms with van der Waals surface area (Å²) < 4.78 is 16.9. The monoisotopic (exact) mass is 1160 g/mol. The number of unbranched alkanes of at least 4 members (excludes halogenated alkanes) is 38. The molecule has 478 valence electrons. The second-order valence-corrected chi connectivity index (χ2v) is 23.8. The molecule has 0 aromatic rings. The van der Waals surface area contributed by atoms with Crippen molar-refractivity contribution in [2.45, 2.75) is 361 Å². The molecule has 0 bridgehead atoms. The Balaban J connectivity index is 4.32. The third-order valence-electron chi connectivity index (χ3n) is 15.6. The number of carbonyl (C=O) groups is 3. The van der Waals surface area contributed by atoms with Crippen LogP contribution in [0.2, 0.25) is 0 Å². The Morgan fingerprint density at radius 3 is 0.735 bits per heavy atom. The average molecular weight is 1160 g/mol. The van der Waals surface area contributed by atoms with Gasteiger partial charge >= 0.3 is 17.9 Å². The molecule has 0 aromatic carbocycles. The molecule has 0 heterocycles. The zero-order chi connectivity index (χ0) is 59.9. The van der Waals surface area contributed by atoms with Gasteiger partial charge in [0.2, 0.25) is 0 Å². The van der Waals surface area contributed by atoms with Gasteiger partial charge in [0.1, 0.15) is 13.2 Å². The molecule has 0 rings (SSSR count). The first-order valence-electron chi connectivity index (χ1n) is 35.7. The van der Waals surface area contributed by atoms with Gasteiger partial charge in [-0.15, -0.1) is 0 Å². The fourth-order valence-corrected chi connectivity index (χ4v) is 10.3. The summed E-state index contributed by atoms with van der Waals surface area (Å²) >= 11 is 0. The van der Waals surface area contributed by atoms with Crippen LogP contribution >= 0.6 is 0 Å². The van der Waals surface area contributed by atoms with Crippen molar-refractivity contribution in [3.63, 3.8) is 0 Å². The van der Waals surface area contributed by atoms with Gasteiger partial charge in [0.15, 0.2) is 6.10 Å². The van der Waals surface area contributed by atoms with E-state index in [1.165, 1.54) is 205 Å². The van der Waals surface area contributed by atoms with E-state index < -0.39 is 6.10 Å². The molecule has 0 N–H and O–H groups in total. The van der Waals surface area contributed by atoms with Crippen molar-refractivity contribution in [3.8, 4) is 0 Å². The lowest BCUT2D eigenvalue weighted by atomic mass is 10.0. The predicted octanol–water partition coefficient (Wildman–Crippen LogP) is 24.8. The lowest BCUT2D eigenvalue weighted by molar-refractivity contribution is -0.167. The Kier molecular flexibility index (Phi) is 67.7. The van der Waals surface area contributed by atoms with E-state index in [-0.39, 0.29) is 31.1 Å². The first-order chi connectivity index (χ1) is 41.0. The van der Waals surface area contributed by atoms with E-state index in [1.807, 2.05) is 0 Å². The van der Waals surface area contributed by atoms with E-state index in [2.05, 4.69) is 118 Å². The highest BCUT2D eigenvalue weighted by molar-refractivity contribution is 5.71. The topological polar surface area (TPSA) is 78.9 Å². The lowest BCUT2D eigenvalue weighted by Gasteiger charge is -2.18. The van der Waals surface area contributed by atoms with E-state index >= 15 is 0 Å². The molecular formula is C77H134O6. The van der Waals surface area contributed by atoms with E-state index in [4.69, 9.17) is 14.2 Å². The Morgan fingerprint density at radius 1 is 0.253 bits per heavy atom. The minimum absolute atomic E-state index is 0.0871. The number of allylic oxidation sites excluding steroid dienone is 16. The standard InChI is InChI=1S/C77H134O6/c1-4-7-10-13-16-19-22-25-27-29-31-33-35-37-39-41-42-44-46-48-50-52-55-58-61-64-67-70-76(79)82-73-74(72-81-75(78)69-66-63-60-57-54-24-21-18-15-12-9-6-3)83-77(80)71-68-65-62-59-56-53-51-49-47-45-43-40-38-36-34-32-30-28-26-23-20-17-14-11-8-5-2/h7,10,16,19,25,27,31,33,37,39,42,44,48,50,55,58,74H,4-6,8-9,11-15,17-18,20-24,26,28-30,32,34-36,38,40-41,43,45-47,49,51-54,56-57,59-73H2,1-3H3/b10-7-,19-16-,27-25-,33-31-,39-37-,44-42-,50-48-,58-55-. The van der Waals surface area contributed by atoms with Crippen LogP contribution in [0.4, 0.5) is 0 Å². The van der Waals surface area contributed by atoms with Gasteiger partial charge in [0.25, 0.3) is 0 Å². The van der Waals surface area contributed by atoms with Gasteiger partial charge in [-0.25, -0.2) is 0 Å². The quantitative estimate of drug-likeness (QED) is 0.0261. The number of hydrogen-bond acceptors (Lipinski definition) is 6. The molecule has 0 saturated carbocycles. The third kappa shape index (κ3) is 69.0. The number of hydrogen-bond donors (Lipinski definition) is 0. The smallest absolute Gasteiger partial charge is 0.306 e. The highest BCUT2D eigenvalue weighted by atomic mass is 16.6. The first-order valence-corrected chi connectivity index (χ1v) is 35.7. The fourth-order valence-electron chi connectivity index (χ4n) is 10.3. The maximum absolute atomic E-state index is 13.0. The van der Waals surface area contributed by atoms with E-state index in [9.17, 15) is 14.4 Å². The molecule has 0 aliphatic rings. The van der Waals surface area contributed by atoms with Gasteiger partial charge in [-0.1, -0.05) is 349 Å². The molecular weight excluding hydrogens is 1020 g/mol. The van der Waals surface area contributed by atoms with Gasteiger partial charge in [-0.2, -0.15) is 0 Å². The van der Waals surface area contributed by atoms with Gasteiger partial charge < -0.3 is 14.2 Å². The van der Waals surface area contributed by atoms with Crippen LogP contribution in [0.25, 0.3) is 0 Å². The first kappa shape index (κ1) is 79.3. The van der Waals surface area contributed by atoms with Crippen LogP contribution in [0, 0.1) is 0 Å². The molecule has 83 heavy (non-hydrogen) atoms. The maximum Gasteiger partial charge on any atom is 0.306 e.